The lowest BCUT2D eigenvalue weighted by molar-refractivity contribution is -0.143. The quantitative estimate of drug-likeness (QED) is 0.378. The van der Waals surface area contributed by atoms with Crippen LogP contribution >= 0.6 is 23.2 Å². The summed E-state index contributed by atoms with van der Waals surface area (Å²) in [5.41, 5.74) is 2.07. The molecule has 3 atom stereocenters. The molecule has 2 N–H and O–H groups in total. The number of carbonyl (C=O) groups excluding carboxylic acids is 2. The van der Waals surface area contributed by atoms with Gasteiger partial charge in [0.25, 0.3) is 0 Å². The number of likely N-dealkylation sites (tertiary alicyclic amines) is 1. The summed E-state index contributed by atoms with van der Waals surface area (Å²) >= 11 is 12.5. The molecule has 2 aromatic rings. The lowest BCUT2D eigenvalue weighted by atomic mass is 9.94. The van der Waals surface area contributed by atoms with Crippen molar-refractivity contribution in [2.45, 2.75) is 64.8 Å². The lowest BCUT2D eigenvalue weighted by Crippen LogP contribution is -2.56. The fourth-order valence-electron chi connectivity index (χ4n) is 5.78. The van der Waals surface area contributed by atoms with Crippen LogP contribution in [-0.4, -0.2) is 71.7 Å². The molecule has 2 aliphatic heterocycles. The summed E-state index contributed by atoms with van der Waals surface area (Å²) in [6.45, 7) is 8.09. The summed E-state index contributed by atoms with van der Waals surface area (Å²) < 4.78 is 15.3. The third kappa shape index (κ3) is 7.27. The van der Waals surface area contributed by atoms with E-state index < -0.39 is 12.3 Å². The number of rotatable bonds is 10. The van der Waals surface area contributed by atoms with Crippen molar-refractivity contribution < 1.29 is 19.1 Å². The summed E-state index contributed by atoms with van der Waals surface area (Å²) in [4.78, 5) is 32.0. The Morgan fingerprint density at radius 3 is 2.40 bits per heavy atom. The Morgan fingerprint density at radius 2 is 1.80 bits per heavy atom. The van der Waals surface area contributed by atoms with E-state index in [1.54, 1.807) is 41.0 Å². The minimum absolute atomic E-state index is 0.0279. The minimum Gasteiger partial charge on any atom is -0.379 e. The van der Waals surface area contributed by atoms with Crippen LogP contribution in [0.25, 0.3) is 0 Å². The zero-order valence-corrected chi connectivity index (χ0v) is 24.9. The summed E-state index contributed by atoms with van der Waals surface area (Å²) in [6, 6.07) is 9.37. The van der Waals surface area contributed by atoms with E-state index >= 15 is 4.39 Å². The number of hydrogen-bond acceptors (Lipinski definition) is 5. The Morgan fingerprint density at radius 1 is 1.07 bits per heavy atom. The highest BCUT2D eigenvalue weighted by Gasteiger charge is 2.37. The average Bonchev–Trinajstić information content (AvgIpc) is 3.32. The van der Waals surface area contributed by atoms with Crippen LogP contribution in [0.3, 0.4) is 0 Å². The first-order valence-corrected chi connectivity index (χ1v) is 14.8. The second-order valence-corrected chi connectivity index (χ2v) is 12.0. The first kappa shape index (κ1) is 30.6. The Kier molecular flexibility index (Phi) is 10.3. The number of aliphatic hydroxyl groups excluding tert-OH is 1. The Bertz CT molecular complexity index is 1190. The second-order valence-electron chi connectivity index (χ2n) is 11.2. The monoisotopic (exact) mass is 592 g/mol. The van der Waals surface area contributed by atoms with Crippen molar-refractivity contribution in [2.75, 3.05) is 37.6 Å². The minimum atomic E-state index is -0.742. The van der Waals surface area contributed by atoms with Crippen LogP contribution < -0.4 is 10.2 Å². The normalized spacial score (nSPS) is 18.4. The Labute approximate surface area is 246 Å². The van der Waals surface area contributed by atoms with E-state index in [1.807, 2.05) is 11.0 Å². The smallest absolute Gasteiger partial charge is 0.245 e. The van der Waals surface area contributed by atoms with Gasteiger partial charge in [0.15, 0.2) is 0 Å². The standard InChI is InChI=1S/C30H39Cl2FN4O3/c1-19(2)16-26(34-20(3)38)23-6-4-7-25(33)29(23)35-12-14-36(15-13-35)30(40)27(37-11-5-8-28(37)39)17-21-9-10-22(31)18-24(21)32/h4,6-7,9-10,18-20,26-27,34,38H,5,8,11-17H2,1-3H3. The number of piperazine rings is 1. The van der Waals surface area contributed by atoms with Crippen molar-refractivity contribution in [3.05, 3.63) is 63.4 Å². The summed E-state index contributed by atoms with van der Waals surface area (Å²) in [5, 5.41) is 14.2. The van der Waals surface area contributed by atoms with Gasteiger partial charge in [-0.3, -0.25) is 14.9 Å². The molecule has 2 amide bonds. The predicted molar refractivity (Wildman–Crippen MR) is 157 cm³/mol. The van der Waals surface area contributed by atoms with Crippen molar-refractivity contribution in [3.8, 4) is 0 Å². The topological polar surface area (TPSA) is 76.1 Å². The van der Waals surface area contributed by atoms with Gasteiger partial charge in [-0.1, -0.05) is 55.2 Å². The number of halogens is 3. The zero-order chi connectivity index (χ0) is 29.0. The number of carbonyl (C=O) groups is 2. The molecular weight excluding hydrogens is 554 g/mol. The Hall–Kier alpha value is -2.39. The van der Waals surface area contributed by atoms with Crippen LogP contribution in [0.2, 0.25) is 10.0 Å². The zero-order valence-electron chi connectivity index (χ0n) is 23.4. The molecule has 0 aliphatic carbocycles. The largest absolute Gasteiger partial charge is 0.379 e. The van der Waals surface area contributed by atoms with Gasteiger partial charge in [-0.25, -0.2) is 4.39 Å². The van der Waals surface area contributed by atoms with Gasteiger partial charge in [0, 0.05) is 61.7 Å². The van der Waals surface area contributed by atoms with E-state index in [4.69, 9.17) is 23.2 Å². The second kappa shape index (κ2) is 13.5. The maximum atomic E-state index is 15.3. The molecule has 40 heavy (non-hydrogen) atoms. The van der Waals surface area contributed by atoms with Gasteiger partial charge in [0.1, 0.15) is 18.1 Å². The van der Waals surface area contributed by atoms with Crippen LogP contribution in [0.15, 0.2) is 36.4 Å². The molecule has 7 nitrogen and oxygen atoms in total. The fourth-order valence-corrected chi connectivity index (χ4v) is 6.27. The number of para-hydroxylation sites is 1. The molecule has 3 unspecified atom stereocenters. The van der Waals surface area contributed by atoms with Gasteiger partial charge in [-0.15, -0.1) is 0 Å². The van der Waals surface area contributed by atoms with Gasteiger partial charge in [0.05, 0.1) is 5.69 Å². The van der Waals surface area contributed by atoms with Gasteiger partial charge < -0.3 is 19.8 Å². The van der Waals surface area contributed by atoms with Crippen LogP contribution in [0, 0.1) is 11.7 Å². The maximum absolute atomic E-state index is 15.3. The highest BCUT2D eigenvalue weighted by atomic mass is 35.5. The number of hydrogen-bond donors (Lipinski definition) is 2. The summed E-state index contributed by atoms with van der Waals surface area (Å²) in [6.07, 6.45) is 1.45. The highest BCUT2D eigenvalue weighted by molar-refractivity contribution is 6.35. The molecule has 2 aromatic carbocycles. The van der Waals surface area contributed by atoms with Crippen LogP contribution in [0.4, 0.5) is 10.1 Å². The first-order valence-electron chi connectivity index (χ1n) is 14.0. The average molecular weight is 594 g/mol. The van der Waals surface area contributed by atoms with Gasteiger partial charge in [0.2, 0.25) is 11.8 Å². The molecule has 0 spiro atoms. The van der Waals surface area contributed by atoms with Crippen molar-refractivity contribution in [2.24, 2.45) is 5.92 Å². The molecule has 0 bridgehead atoms. The molecule has 10 heteroatoms. The maximum Gasteiger partial charge on any atom is 0.245 e. The number of anilines is 1. The Balaban J connectivity index is 1.53. The molecule has 0 saturated carbocycles. The lowest BCUT2D eigenvalue weighted by Gasteiger charge is -2.40. The first-order chi connectivity index (χ1) is 19.0. The molecule has 2 aliphatic rings. The number of aliphatic hydroxyl groups is 1. The number of nitrogens with one attached hydrogen (secondary N) is 1. The van der Waals surface area contributed by atoms with E-state index in [0.717, 1.165) is 24.0 Å². The van der Waals surface area contributed by atoms with Crippen molar-refractivity contribution in [1.29, 1.82) is 0 Å². The molecule has 2 heterocycles. The number of nitrogens with zero attached hydrogens (tertiary/aromatic N) is 3. The van der Waals surface area contributed by atoms with Crippen LogP contribution in [-0.2, 0) is 16.0 Å². The summed E-state index contributed by atoms with van der Waals surface area (Å²) in [5.74, 6) is -0.138. The van der Waals surface area contributed by atoms with Gasteiger partial charge >= 0.3 is 0 Å². The van der Waals surface area contributed by atoms with E-state index in [-0.39, 0.29) is 23.7 Å². The van der Waals surface area contributed by atoms with Gasteiger partial charge in [-0.05, 0) is 55.0 Å². The van der Waals surface area contributed by atoms with E-state index in [1.165, 1.54) is 6.07 Å². The van der Waals surface area contributed by atoms with Gasteiger partial charge in [-0.2, -0.15) is 0 Å². The molecule has 2 fully saturated rings. The molecule has 0 aromatic heterocycles. The summed E-state index contributed by atoms with van der Waals surface area (Å²) in [7, 11) is 0. The molecule has 218 valence electrons. The predicted octanol–water partition coefficient (Wildman–Crippen LogP) is 5.03. The molecular formula is C30H39Cl2FN4O3. The van der Waals surface area contributed by atoms with Crippen molar-refractivity contribution in [3.63, 3.8) is 0 Å². The van der Waals surface area contributed by atoms with Crippen molar-refractivity contribution in [1.82, 2.24) is 15.1 Å². The number of benzene rings is 2. The van der Waals surface area contributed by atoms with Crippen molar-refractivity contribution >= 4 is 40.7 Å². The molecule has 4 rings (SSSR count). The van der Waals surface area contributed by atoms with E-state index in [0.29, 0.717) is 67.2 Å². The van der Waals surface area contributed by atoms with Crippen LogP contribution in [0.1, 0.15) is 57.2 Å². The van der Waals surface area contributed by atoms with E-state index in [9.17, 15) is 14.7 Å². The van der Waals surface area contributed by atoms with E-state index in [2.05, 4.69) is 19.2 Å². The molecule has 0 radical (unpaired) electrons. The molecule has 2 saturated heterocycles. The highest BCUT2D eigenvalue weighted by Crippen LogP contribution is 2.34. The fraction of sp³-hybridized carbons (Fsp3) is 0.533. The SMILES string of the molecule is CC(C)CC(NC(C)O)c1cccc(F)c1N1CCN(C(=O)C(Cc2ccc(Cl)cc2Cl)N2CCCC2=O)CC1. The van der Waals surface area contributed by atoms with Crippen LogP contribution in [0.5, 0.6) is 0 Å². The number of amides is 2. The third-order valence-electron chi connectivity index (χ3n) is 7.65. The third-order valence-corrected chi connectivity index (χ3v) is 8.24.